The Morgan fingerprint density at radius 3 is 2.24 bits per heavy atom. The molecule has 0 fully saturated rings. The molecule has 0 amide bonds. The highest BCUT2D eigenvalue weighted by Crippen LogP contribution is 2.28. The summed E-state index contributed by atoms with van der Waals surface area (Å²) in [5.41, 5.74) is 3.54. The highest BCUT2D eigenvalue weighted by molar-refractivity contribution is 5.35. The van der Waals surface area contributed by atoms with E-state index in [4.69, 9.17) is 0 Å². The van der Waals surface area contributed by atoms with Gasteiger partial charge in [0, 0.05) is 18.5 Å². The van der Waals surface area contributed by atoms with Crippen LogP contribution in [0.3, 0.4) is 0 Å². The molecule has 2 aromatic carbocycles. The lowest BCUT2D eigenvalue weighted by molar-refractivity contribution is 0.151. The number of benzene rings is 2. The number of rotatable bonds is 6. The highest BCUT2D eigenvalue weighted by atomic mass is 16.3. The topological polar surface area (TPSA) is 32.3 Å². The second-order valence-electron chi connectivity index (χ2n) is 5.93. The minimum Gasteiger partial charge on any atom is -0.391 e. The minimum atomic E-state index is -0.448. The Bertz CT molecular complexity index is 551. The number of aliphatic hydroxyl groups excluding tert-OH is 1. The quantitative estimate of drug-likeness (QED) is 0.850. The van der Waals surface area contributed by atoms with Crippen molar-refractivity contribution in [1.82, 2.24) is 5.32 Å². The molecule has 0 aromatic heterocycles. The maximum atomic E-state index is 10.7. The summed E-state index contributed by atoms with van der Waals surface area (Å²) in [4.78, 5) is 0. The van der Waals surface area contributed by atoms with Crippen molar-refractivity contribution in [2.75, 3.05) is 6.54 Å². The lowest BCUT2D eigenvalue weighted by Gasteiger charge is -2.25. The van der Waals surface area contributed by atoms with Gasteiger partial charge in [-0.05, 0) is 18.1 Å². The average molecular weight is 283 g/mol. The Balaban J connectivity index is 2.31. The van der Waals surface area contributed by atoms with Gasteiger partial charge in [-0.2, -0.15) is 0 Å². The van der Waals surface area contributed by atoms with Crippen molar-refractivity contribution in [3.63, 3.8) is 0 Å². The van der Waals surface area contributed by atoms with Crippen molar-refractivity contribution in [3.05, 3.63) is 71.3 Å². The first kappa shape index (κ1) is 15.7. The summed E-state index contributed by atoms with van der Waals surface area (Å²) in [6, 6.07) is 19.0. The van der Waals surface area contributed by atoms with Crippen LogP contribution in [0, 0.1) is 6.92 Å². The van der Waals surface area contributed by atoms with Gasteiger partial charge in [0.1, 0.15) is 0 Å². The lowest BCUT2D eigenvalue weighted by Crippen LogP contribution is -2.35. The lowest BCUT2D eigenvalue weighted by atomic mass is 9.86. The molecule has 2 heteroatoms. The molecular formula is C19H25NO. The van der Waals surface area contributed by atoms with Gasteiger partial charge in [0.15, 0.2) is 0 Å². The number of hydrogen-bond acceptors (Lipinski definition) is 2. The first-order chi connectivity index (χ1) is 10.1. The molecule has 2 rings (SSSR count). The van der Waals surface area contributed by atoms with Crippen LogP contribution in [0.1, 0.15) is 36.5 Å². The normalized spacial score (nSPS) is 14.1. The van der Waals surface area contributed by atoms with E-state index in [0.717, 1.165) is 5.56 Å². The van der Waals surface area contributed by atoms with Gasteiger partial charge < -0.3 is 10.4 Å². The van der Waals surface area contributed by atoms with Crippen molar-refractivity contribution in [3.8, 4) is 0 Å². The van der Waals surface area contributed by atoms with E-state index >= 15 is 0 Å². The zero-order chi connectivity index (χ0) is 15.2. The maximum Gasteiger partial charge on any atom is 0.0773 e. The Labute approximate surface area is 127 Å². The highest BCUT2D eigenvalue weighted by Gasteiger charge is 2.23. The van der Waals surface area contributed by atoms with E-state index in [1.54, 1.807) is 0 Å². The zero-order valence-electron chi connectivity index (χ0n) is 13.1. The van der Waals surface area contributed by atoms with E-state index in [-0.39, 0.29) is 5.92 Å². The van der Waals surface area contributed by atoms with E-state index in [0.29, 0.717) is 12.6 Å². The third-order valence-electron chi connectivity index (χ3n) is 3.68. The number of hydrogen-bond donors (Lipinski definition) is 2. The van der Waals surface area contributed by atoms with Crippen LogP contribution < -0.4 is 5.32 Å². The van der Waals surface area contributed by atoms with Crippen molar-refractivity contribution in [2.45, 2.75) is 38.8 Å². The zero-order valence-corrected chi connectivity index (χ0v) is 13.1. The number of aryl methyl sites for hydroxylation is 1. The molecule has 0 saturated carbocycles. The van der Waals surface area contributed by atoms with Crippen LogP contribution in [0.4, 0.5) is 0 Å². The summed E-state index contributed by atoms with van der Waals surface area (Å²) in [6.07, 6.45) is -0.448. The Morgan fingerprint density at radius 1 is 0.952 bits per heavy atom. The van der Waals surface area contributed by atoms with Crippen LogP contribution in [0.25, 0.3) is 0 Å². The van der Waals surface area contributed by atoms with E-state index in [1.165, 1.54) is 11.1 Å². The fourth-order valence-electron chi connectivity index (χ4n) is 2.63. The van der Waals surface area contributed by atoms with Gasteiger partial charge in [0.2, 0.25) is 0 Å². The maximum absolute atomic E-state index is 10.7. The minimum absolute atomic E-state index is 0.00245. The number of aliphatic hydroxyl groups is 1. The summed E-state index contributed by atoms with van der Waals surface area (Å²) >= 11 is 0. The van der Waals surface area contributed by atoms with Gasteiger partial charge in [0.25, 0.3) is 0 Å². The Kier molecular flexibility index (Phi) is 5.54. The molecular weight excluding hydrogens is 258 g/mol. The van der Waals surface area contributed by atoms with E-state index in [2.05, 4.69) is 62.5 Å². The molecule has 0 radical (unpaired) electrons. The molecule has 112 valence electrons. The second-order valence-corrected chi connectivity index (χ2v) is 5.93. The molecule has 21 heavy (non-hydrogen) atoms. The fourth-order valence-corrected chi connectivity index (χ4v) is 2.63. The third kappa shape index (κ3) is 4.42. The van der Waals surface area contributed by atoms with Gasteiger partial charge in [0.05, 0.1) is 6.10 Å². The van der Waals surface area contributed by atoms with Crippen molar-refractivity contribution >= 4 is 0 Å². The van der Waals surface area contributed by atoms with Gasteiger partial charge in [-0.3, -0.25) is 0 Å². The van der Waals surface area contributed by atoms with Gasteiger partial charge >= 0.3 is 0 Å². The predicted molar refractivity (Wildman–Crippen MR) is 88.6 cm³/mol. The second kappa shape index (κ2) is 7.39. The van der Waals surface area contributed by atoms with Gasteiger partial charge in [-0.1, -0.05) is 74.0 Å². The molecule has 2 atom stereocenters. The van der Waals surface area contributed by atoms with Gasteiger partial charge in [-0.15, -0.1) is 0 Å². The van der Waals surface area contributed by atoms with Crippen LogP contribution in [0.5, 0.6) is 0 Å². The third-order valence-corrected chi connectivity index (χ3v) is 3.68. The average Bonchev–Trinajstić information content (AvgIpc) is 2.46. The summed E-state index contributed by atoms with van der Waals surface area (Å²) in [7, 11) is 0. The molecule has 2 aromatic rings. The summed E-state index contributed by atoms with van der Waals surface area (Å²) in [5.74, 6) is -0.00245. The first-order valence-corrected chi connectivity index (χ1v) is 7.61. The van der Waals surface area contributed by atoms with E-state index in [9.17, 15) is 5.11 Å². The van der Waals surface area contributed by atoms with E-state index < -0.39 is 6.10 Å². The molecule has 0 heterocycles. The SMILES string of the molecule is Cc1cccc(C(c2ccccc2)C(O)CNC(C)C)c1. The molecule has 2 unspecified atom stereocenters. The summed E-state index contributed by atoms with van der Waals surface area (Å²) < 4.78 is 0. The largest absolute Gasteiger partial charge is 0.391 e. The van der Waals surface area contributed by atoms with E-state index in [1.807, 2.05) is 18.2 Å². The van der Waals surface area contributed by atoms with Crippen LogP contribution in [0.2, 0.25) is 0 Å². The number of nitrogens with one attached hydrogen (secondary N) is 1. The van der Waals surface area contributed by atoms with Crippen LogP contribution in [0.15, 0.2) is 54.6 Å². The Hall–Kier alpha value is -1.64. The molecule has 0 aliphatic carbocycles. The van der Waals surface area contributed by atoms with Crippen molar-refractivity contribution in [2.24, 2.45) is 0 Å². The Morgan fingerprint density at radius 2 is 1.62 bits per heavy atom. The molecule has 0 saturated heterocycles. The molecule has 2 N–H and O–H groups in total. The first-order valence-electron chi connectivity index (χ1n) is 7.61. The van der Waals surface area contributed by atoms with Crippen molar-refractivity contribution in [1.29, 1.82) is 0 Å². The molecule has 0 bridgehead atoms. The molecule has 0 aliphatic rings. The molecule has 2 nitrogen and oxygen atoms in total. The van der Waals surface area contributed by atoms with Crippen LogP contribution >= 0.6 is 0 Å². The monoisotopic (exact) mass is 283 g/mol. The van der Waals surface area contributed by atoms with Crippen LogP contribution in [-0.2, 0) is 0 Å². The summed E-state index contributed by atoms with van der Waals surface area (Å²) in [6.45, 7) is 6.86. The smallest absolute Gasteiger partial charge is 0.0773 e. The fraction of sp³-hybridized carbons (Fsp3) is 0.368. The molecule has 0 spiro atoms. The summed E-state index contributed by atoms with van der Waals surface area (Å²) in [5, 5.41) is 14.0. The van der Waals surface area contributed by atoms with Gasteiger partial charge in [-0.25, -0.2) is 0 Å². The van der Waals surface area contributed by atoms with Crippen LogP contribution in [-0.4, -0.2) is 23.8 Å². The predicted octanol–water partition coefficient (Wildman–Crippen LogP) is 3.49. The molecule has 0 aliphatic heterocycles. The standard InChI is InChI=1S/C19H25NO/c1-14(2)20-13-18(21)19(16-9-5-4-6-10-16)17-11-7-8-15(3)12-17/h4-12,14,18-21H,13H2,1-3H3. The van der Waals surface area contributed by atoms with Crippen molar-refractivity contribution < 1.29 is 5.11 Å².